The van der Waals surface area contributed by atoms with Crippen molar-refractivity contribution in [1.29, 1.82) is 0 Å². The molecule has 1 aromatic heterocycles. The lowest BCUT2D eigenvalue weighted by molar-refractivity contribution is 0.407. The highest BCUT2D eigenvalue weighted by Crippen LogP contribution is 2.15. The van der Waals surface area contributed by atoms with Gasteiger partial charge in [0.1, 0.15) is 0 Å². The molecule has 0 aromatic carbocycles. The van der Waals surface area contributed by atoms with Crippen LogP contribution in [0.5, 0.6) is 0 Å². The number of sulfonamides is 1. The summed E-state index contributed by atoms with van der Waals surface area (Å²) in [5.41, 5.74) is 0.549. The summed E-state index contributed by atoms with van der Waals surface area (Å²) < 4.78 is 26.8. The zero-order valence-electron chi connectivity index (χ0n) is 11.4. The number of hydrogen-bond donors (Lipinski definition) is 3. The van der Waals surface area contributed by atoms with Gasteiger partial charge in [0.2, 0.25) is 0 Å². The largest absolute Gasteiger partial charge is 0.313 e. The summed E-state index contributed by atoms with van der Waals surface area (Å²) in [5.74, 6) is 0. The molecule has 0 fully saturated rings. The van der Waals surface area contributed by atoms with E-state index in [2.05, 4.69) is 20.2 Å². The number of rotatable bonds is 6. The van der Waals surface area contributed by atoms with Gasteiger partial charge in [-0.1, -0.05) is 27.7 Å². The average molecular weight is 274 g/mol. The molecule has 0 radical (unpaired) electrons. The van der Waals surface area contributed by atoms with Crippen molar-refractivity contribution in [3.05, 3.63) is 11.8 Å². The predicted molar refractivity (Wildman–Crippen MR) is 70.6 cm³/mol. The molecule has 0 aliphatic rings. The number of H-pyrrole nitrogens is 1. The summed E-state index contributed by atoms with van der Waals surface area (Å²) in [6, 6.07) is 0. The summed E-state index contributed by atoms with van der Waals surface area (Å²) >= 11 is 0. The third-order valence-electron chi connectivity index (χ3n) is 2.30. The molecule has 1 heterocycles. The Hall–Kier alpha value is -0.920. The molecule has 18 heavy (non-hydrogen) atoms. The van der Waals surface area contributed by atoms with E-state index in [1.807, 2.05) is 27.7 Å². The second-order valence-electron chi connectivity index (χ2n) is 5.39. The molecule has 0 saturated heterocycles. The standard InChI is InChI=1S/C11H22N4O2S/c1-5-12-6-9-7-13-15-10(9)18(16,17)14-8-11(2,3)4/h7,12,14H,5-6,8H2,1-4H3,(H,13,15). The van der Waals surface area contributed by atoms with Crippen molar-refractivity contribution in [3.63, 3.8) is 0 Å². The highest BCUT2D eigenvalue weighted by molar-refractivity contribution is 7.89. The van der Waals surface area contributed by atoms with Crippen LogP contribution >= 0.6 is 0 Å². The van der Waals surface area contributed by atoms with Gasteiger partial charge in [-0.2, -0.15) is 5.10 Å². The molecule has 104 valence electrons. The van der Waals surface area contributed by atoms with E-state index in [9.17, 15) is 8.42 Å². The van der Waals surface area contributed by atoms with E-state index in [0.29, 0.717) is 18.7 Å². The lowest BCUT2D eigenvalue weighted by Gasteiger charge is -2.18. The minimum absolute atomic E-state index is 0.102. The van der Waals surface area contributed by atoms with Gasteiger partial charge in [-0.15, -0.1) is 0 Å². The maximum absolute atomic E-state index is 12.1. The van der Waals surface area contributed by atoms with Crippen molar-refractivity contribution in [3.8, 4) is 0 Å². The van der Waals surface area contributed by atoms with E-state index >= 15 is 0 Å². The summed E-state index contributed by atoms with van der Waals surface area (Å²) in [5, 5.41) is 9.58. The maximum Gasteiger partial charge on any atom is 0.257 e. The molecule has 0 bridgehead atoms. The first-order chi connectivity index (χ1) is 8.26. The molecule has 0 aliphatic carbocycles. The van der Waals surface area contributed by atoms with Gasteiger partial charge in [-0.3, -0.25) is 5.10 Å². The summed E-state index contributed by atoms with van der Waals surface area (Å²) in [4.78, 5) is 0. The number of aromatic amines is 1. The molecule has 1 aromatic rings. The van der Waals surface area contributed by atoms with Gasteiger partial charge in [0.25, 0.3) is 10.0 Å². The lowest BCUT2D eigenvalue weighted by Crippen LogP contribution is -2.33. The van der Waals surface area contributed by atoms with E-state index in [-0.39, 0.29) is 10.4 Å². The van der Waals surface area contributed by atoms with Crippen LogP contribution in [-0.2, 0) is 16.6 Å². The predicted octanol–water partition coefficient (Wildman–Crippen LogP) is 0.844. The fourth-order valence-electron chi connectivity index (χ4n) is 1.30. The Morgan fingerprint density at radius 2 is 2.06 bits per heavy atom. The molecule has 6 nitrogen and oxygen atoms in total. The second-order valence-corrected chi connectivity index (χ2v) is 7.09. The van der Waals surface area contributed by atoms with E-state index in [0.717, 1.165) is 6.54 Å². The maximum atomic E-state index is 12.1. The third-order valence-corrected chi connectivity index (χ3v) is 3.72. The Bertz CT molecular complexity index is 473. The fraction of sp³-hybridized carbons (Fsp3) is 0.727. The smallest absolute Gasteiger partial charge is 0.257 e. The first-order valence-corrected chi connectivity index (χ1v) is 7.47. The van der Waals surface area contributed by atoms with Gasteiger partial charge in [0.05, 0.1) is 6.20 Å². The molecule has 0 aliphatic heterocycles. The Morgan fingerprint density at radius 1 is 1.39 bits per heavy atom. The topological polar surface area (TPSA) is 86.9 Å². The van der Waals surface area contributed by atoms with Gasteiger partial charge in [-0.05, 0) is 12.0 Å². The first-order valence-electron chi connectivity index (χ1n) is 5.99. The molecule has 0 unspecified atom stereocenters. The van der Waals surface area contributed by atoms with Crippen LogP contribution < -0.4 is 10.0 Å². The van der Waals surface area contributed by atoms with E-state index in [4.69, 9.17) is 0 Å². The Balaban J connectivity index is 2.82. The highest BCUT2D eigenvalue weighted by Gasteiger charge is 2.22. The molecular formula is C11H22N4O2S. The quantitative estimate of drug-likeness (QED) is 0.717. The number of nitrogens with one attached hydrogen (secondary N) is 3. The average Bonchev–Trinajstić information content (AvgIpc) is 2.72. The highest BCUT2D eigenvalue weighted by atomic mass is 32.2. The molecule has 1 rings (SSSR count). The molecule has 0 atom stereocenters. The number of nitrogens with zero attached hydrogens (tertiary/aromatic N) is 1. The van der Waals surface area contributed by atoms with Crippen molar-refractivity contribution in [1.82, 2.24) is 20.2 Å². The van der Waals surface area contributed by atoms with E-state index < -0.39 is 10.0 Å². The molecule has 7 heteroatoms. The third kappa shape index (κ3) is 4.40. The molecule has 0 spiro atoms. The Morgan fingerprint density at radius 3 is 2.61 bits per heavy atom. The fourth-order valence-corrected chi connectivity index (χ4v) is 2.71. The van der Waals surface area contributed by atoms with Crippen LogP contribution in [0.1, 0.15) is 33.3 Å². The van der Waals surface area contributed by atoms with Crippen LogP contribution in [0.15, 0.2) is 11.2 Å². The molecule has 0 saturated carbocycles. The summed E-state index contributed by atoms with van der Waals surface area (Å²) in [7, 11) is -3.52. The monoisotopic (exact) mass is 274 g/mol. The van der Waals surface area contributed by atoms with Gasteiger partial charge in [0.15, 0.2) is 5.03 Å². The number of aromatic nitrogens is 2. The van der Waals surface area contributed by atoms with Crippen molar-refractivity contribution < 1.29 is 8.42 Å². The van der Waals surface area contributed by atoms with Crippen molar-refractivity contribution in [2.24, 2.45) is 5.41 Å². The summed E-state index contributed by atoms with van der Waals surface area (Å²) in [6.07, 6.45) is 1.54. The number of hydrogen-bond acceptors (Lipinski definition) is 4. The second kappa shape index (κ2) is 5.81. The van der Waals surface area contributed by atoms with Crippen LogP contribution in [-0.4, -0.2) is 31.7 Å². The van der Waals surface area contributed by atoms with Crippen LogP contribution in [0.4, 0.5) is 0 Å². The van der Waals surface area contributed by atoms with Gasteiger partial charge in [0, 0.05) is 18.7 Å². The molecule has 3 N–H and O–H groups in total. The molecular weight excluding hydrogens is 252 g/mol. The van der Waals surface area contributed by atoms with Crippen molar-refractivity contribution >= 4 is 10.0 Å². The SMILES string of the molecule is CCNCc1cn[nH]c1S(=O)(=O)NCC(C)(C)C. The minimum atomic E-state index is -3.52. The Kier molecular flexibility index (Phi) is 4.89. The Labute approximate surface area is 109 Å². The van der Waals surface area contributed by atoms with Gasteiger partial charge in [-0.25, -0.2) is 13.1 Å². The van der Waals surface area contributed by atoms with Crippen molar-refractivity contribution in [2.75, 3.05) is 13.1 Å². The van der Waals surface area contributed by atoms with Crippen LogP contribution in [0.2, 0.25) is 0 Å². The summed E-state index contributed by atoms with van der Waals surface area (Å²) in [6.45, 7) is 9.53. The van der Waals surface area contributed by atoms with E-state index in [1.165, 1.54) is 6.20 Å². The van der Waals surface area contributed by atoms with Crippen LogP contribution in [0.3, 0.4) is 0 Å². The minimum Gasteiger partial charge on any atom is -0.313 e. The van der Waals surface area contributed by atoms with Gasteiger partial charge < -0.3 is 5.32 Å². The van der Waals surface area contributed by atoms with Gasteiger partial charge >= 0.3 is 0 Å². The lowest BCUT2D eigenvalue weighted by atomic mass is 9.98. The zero-order chi connectivity index (χ0) is 13.8. The van der Waals surface area contributed by atoms with Crippen molar-refractivity contribution in [2.45, 2.75) is 39.3 Å². The first kappa shape index (κ1) is 15.1. The zero-order valence-corrected chi connectivity index (χ0v) is 12.2. The molecule has 0 amide bonds. The van der Waals surface area contributed by atoms with Crippen LogP contribution in [0, 0.1) is 5.41 Å². The van der Waals surface area contributed by atoms with Crippen LogP contribution in [0.25, 0.3) is 0 Å². The normalized spacial score (nSPS) is 12.9. The van der Waals surface area contributed by atoms with E-state index in [1.54, 1.807) is 0 Å².